The number of likely N-dealkylation sites (N-methyl/N-ethyl adjacent to an activating group) is 1. The van der Waals surface area contributed by atoms with E-state index in [1.54, 1.807) is 0 Å². The third-order valence-electron chi connectivity index (χ3n) is 3.25. The molecule has 0 aromatic rings. The number of hydrogen-bond donors (Lipinski definition) is 2. The highest BCUT2D eigenvalue weighted by Crippen LogP contribution is 2.14. The number of hydrogen-bond acceptors (Lipinski definition) is 3. The smallest absolute Gasteiger partial charge is 0.0766 e. The molecule has 0 fully saturated rings. The van der Waals surface area contributed by atoms with Gasteiger partial charge in [-0.25, -0.2) is 0 Å². The van der Waals surface area contributed by atoms with Gasteiger partial charge in [-0.2, -0.15) is 0 Å². The molecular weight excluding hydrogens is 188 g/mol. The van der Waals surface area contributed by atoms with Crippen molar-refractivity contribution in [3.63, 3.8) is 0 Å². The zero-order valence-corrected chi connectivity index (χ0v) is 11.2. The molecule has 0 amide bonds. The number of aliphatic hydroxyl groups is 1. The Balaban J connectivity index is 3.63. The molecule has 15 heavy (non-hydrogen) atoms. The Morgan fingerprint density at radius 3 is 2.20 bits per heavy atom. The van der Waals surface area contributed by atoms with Gasteiger partial charge in [-0.3, -0.25) is 0 Å². The first-order valence-electron chi connectivity index (χ1n) is 5.90. The molecule has 0 saturated carbocycles. The second kappa shape index (κ2) is 6.46. The maximum absolute atomic E-state index is 9.99. The lowest BCUT2D eigenvalue weighted by Crippen LogP contribution is -2.44. The summed E-state index contributed by atoms with van der Waals surface area (Å²) in [6.07, 6.45) is 0. The monoisotopic (exact) mass is 216 g/mol. The molecule has 0 aromatic heterocycles. The Hall–Kier alpha value is -0.120. The molecule has 0 heterocycles. The summed E-state index contributed by atoms with van der Waals surface area (Å²) >= 11 is 0. The Bertz CT molecular complexity index is 167. The highest BCUT2D eigenvalue weighted by molar-refractivity contribution is 4.78. The van der Waals surface area contributed by atoms with Crippen LogP contribution in [-0.4, -0.2) is 48.3 Å². The van der Waals surface area contributed by atoms with Gasteiger partial charge in [-0.15, -0.1) is 0 Å². The van der Waals surface area contributed by atoms with Crippen molar-refractivity contribution in [3.8, 4) is 0 Å². The zero-order valence-electron chi connectivity index (χ0n) is 11.2. The lowest BCUT2D eigenvalue weighted by atomic mass is 9.93. The third kappa shape index (κ3) is 6.13. The van der Waals surface area contributed by atoms with Crippen LogP contribution in [0.1, 0.15) is 34.6 Å². The van der Waals surface area contributed by atoms with Crippen LogP contribution in [0.2, 0.25) is 0 Å². The molecule has 3 nitrogen and oxygen atoms in total. The predicted molar refractivity (Wildman–Crippen MR) is 66.1 cm³/mol. The SMILES string of the molecule is CC(C)N(C)CCNCC(C)(O)C(C)C. The summed E-state index contributed by atoms with van der Waals surface area (Å²) in [5.74, 6) is 0.285. The van der Waals surface area contributed by atoms with Crippen LogP contribution in [0, 0.1) is 5.92 Å². The molecule has 0 bridgehead atoms. The normalized spacial score (nSPS) is 16.4. The highest BCUT2D eigenvalue weighted by Gasteiger charge is 2.23. The van der Waals surface area contributed by atoms with Crippen LogP contribution in [0.25, 0.3) is 0 Å². The van der Waals surface area contributed by atoms with E-state index in [-0.39, 0.29) is 5.92 Å². The van der Waals surface area contributed by atoms with Crippen LogP contribution in [0.15, 0.2) is 0 Å². The van der Waals surface area contributed by atoms with Gasteiger partial charge in [0.25, 0.3) is 0 Å². The van der Waals surface area contributed by atoms with Gasteiger partial charge in [-0.1, -0.05) is 13.8 Å². The van der Waals surface area contributed by atoms with E-state index in [1.807, 2.05) is 20.8 Å². The molecule has 0 spiro atoms. The predicted octanol–water partition coefficient (Wildman–Crippen LogP) is 1.32. The summed E-state index contributed by atoms with van der Waals surface area (Å²) in [6.45, 7) is 13.0. The molecule has 0 aliphatic carbocycles. The number of rotatable bonds is 7. The summed E-state index contributed by atoms with van der Waals surface area (Å²) in [5.41, 5.74) is -0.601. The van der Waals surface area contributed by atoms with Crippen LogP contribution in [0.4, 0.5) is 0 Å². The summed E-state index contributed by atoms with van der Waals surface area (Å²) in [4.78, 5) is 2.29. The van der Waals surface area contributed by atoms with Crippen LogP contribution in [-0.2, 0) is 0 Å². The lowest BCUT2D eigenvalue weighted by molar-refractivity contribution is 0.0139. The van der Waals surface area contributed by atoms with Gasteiger partial charge < -0.3 is 15.3 Å². The molecule has 0 radical (unpaired) electrons. The van der Waals surface area contributed by atoms with Crippen molar-refractivity contribution in [3.05, 3.63) is 0 Å². The zero-order chi connectivity index (χ0) is 12.1. The van der Waals surface area contributed by atoms with Gasteiger partial charge in [-0.05, 0) is 33.7 Å². The van der Waals surface area contributed by atoms with E-state index in [1.165, 1.54) is 0 Å². The molecule has 0 aliphatic rings. The van der Waals surface area contributed by atoms with E-state index in [2.05, 4.69) is 31.1 Å². The second-order valence-corrected chi connectivity index (χ2v) is 5.26. The van der Waals surface area contributed by atoms with Crippen molar-refractivity contribution >= 4 is 0 Å². The largest absolute Gasteiger partial charge is 0.389 e. The van der Waals surface area contributed by atoms with Crippen LogP contribution in [0.3, 0.4) is 0 Å². The minimum Gasteiger partial charge on any atom is -0.389 e. The Kier molecular flexibility index (Phi) is 6.41. The molecule has 0 saturated heterocycles. The summed E-state index contributed by atoms with van der Waals surface area (Å²) in [6, 6.07) is 0.581. The van der Waals surface area contributed by atoms with Gasteiger partial charge in [0.15, 0.2) is 0 Å². The minimum absolute atomic E-state index is 0.285. The Morgan fingerprint density at radius 2 is 1.80 bits per heavy atom. The average Bonchev–Trinajstić information content (AvgIpc) is 2.11. The topological polar surface area (TPSA) is 35.5 Å². The van der Waals surface area contributed by atoms with E-state index in [9.17, 15) is 5.11 Å². The second-order valence-electron chi connectivity index (χ2n) is 5.26. The number of nitrogens with one attached hydrogen (secondary N) is 1. The molecule has 0 rings (SSSR count). The first kappa shape index (κ1) is 14.9. The van der Waals surface area contributed by atoms with E-state index < -0.39 is 5.60 Å². The molecule has 1 unspecified atom stereocenters. The molecule has 0 aromatic carbocycles. The molecule has 0 aliphatic heterocycles. The molecule has 92 valence electrons. The summed E-state index contributed by atoms with van der Waals surface area (Å²) in [5, 5.41) is 13.3. The molecule has 3 heteroatoms. The highest BCUT2D eigenvalue weighted by atomic mass is 16.3. The van der Waals surface area contributed by atoms with E-state index >= 15 is 0 Å². The minimum atomic E-state index is -0.601. The maximum Gasteiger partial charge on any atom is 0.0766 e. The first-order chi connectivity index (χ1) is 6.77. The maximum atomic E-state index is 9.99. The standard InChI is InChI=1S/C12H28N2O/c1-10(2)12(5,15)9-13-7-8-14(6)11(3)4/h10-11,13,15H,7-9H2,1-6H3. The fourth-order valence-corrected chi connectivity index (χ4v) is 1.06. The third-order valence-corrected chi connectivity index (χ3v) is 3.25. The van der Waals surface area contributed by atoms with Crippen LogP contribution < -0.4 is 5.32 Å². The van der Waals surface area contributed by atoms with Crippen molar-refractivity contribution in [2.75, 3.05) is 26.7 Å². The summed E-state index contributed by atoms with van der Waals surface area (Å²) < 4.78 is 0. The Labute approximate surface area is 94.9 Å². The molecular formula is C12H28N2O. The average molecular weight is 216 g/mol. The van der Waals surface area contributed by atoms with Crippen molar-refractivity contribution in [2.24, 2.45) is 5.92 Å². The van der Waals surface area contributed by atoms with Gasteiger partial charge in [0, 0.05) is 25.7 Å². The van der Waals surface area contributed by atoms with Crippen molar-refractivity contribution in [2.45, 2.75) is 46.3 Å². The first-order valence-corrected chi connectivity index (χ1v) is 5.90. The lowest BCUT2D eigenvalue weighted by Gasteiger charge is -2.29. The molecule has 2 N–H and O–H groups in total. The number of nitrogens with zero attached hydrogens (tertiary/aromatic N) is 1. The van der Waals surface area contributed by atoms with Gasteiger partial charge in [0.2, 0.25) is 0 Å². The fourth-order valence-electron chi connectivity index (χ4n) is 1.06. The van der Waals surface area contributed by atoms with Gasteiger partial charge in [0.1, 0.15) is 0 Å². The van der Waals surface area contributed by atoms with Crippen molar-refractivity contribution < 1.29 is 5.11 Å². The van der Waals surface area contributed by atoms with Crippen molar-refractivity contribution in [1.82, 2.24) is 10.2 Å². The van der Waals surface area contributed by atoms with E-state index in [0.717, 1.165) is 13.1 Å². The summed E-state index contributed by atoms with van der Waals surface area (Å²) in [7, 11) is 2.12. The van der Waals surface area contributed by atoms with Crippen LogP contribution in [0.5, 0.6) is 0 Å². The van der Waals surface area contributed by atoms with Gasteiger partial charge in [0.05, 0.1) is 5.60 Å². The fraction of sp³-hybridized carbons (Fsp3) is 1.00. The van der Waals surface area contributed by atoms with Gasteiger partial charge >= 0.3 is 0 Å². The Morgan fingerprint density at radius 1 is 1.27 bits per heavy atom. The molecule has 1 atom stereocenters. The van der Waals surface area contributed by atoms with E-state index in [4.69, 9.17) is 0 Å². The van der Waals surface area contributed by atoms with Crippen molar-refractivity contribution in [1.29, 1.82) is 0 Å². The van der Waals surface area contributed by atoms with Crippen LogP contribution >= 0.6 is 0 Å². The van der Waals surface area contributed by atoms with E-state index in [0.29, 0.717) is 12.6 Å². The quantitative estimate of drug-likeness (QED) is 0.630.